The summed E-state index contributed by atoms with van der Waals surface area (Å²) in [7, 11) is 1.45. The van der Waals surface area contributed by atoms with Crippen LogP contribution < -0.4 is 10.2 Å². The van der Waals surface area contributed by atoms with Crippen LogP contribution >= 0.6 is 0 Å². The summed E-state index contributed by atoms with van der Waals surface area (Å²) in [5.41, 5.74) is 2.47. The molecule has 1 atom stereocenters. The van der Waals surface area contributed by atoms with Crippen LogP contribution in [0.3, 0.4) is 0 Å². The van der Waals surface area contributed by atoms with Gasteiger partial charge in [-0.25, -0.2) is 0 Å². The molecular formula is C15H22N2O2. The smallest absolute Gasteiger partial charge is 0.307 e. The van der Waals surface area contributed by atoms with Gasteiger partial charge >= 0.3 is 5.97 Å². The van der Waals surface area contributed by atoms with Gasteiger partial charge in [-0.05, 0) is 31.5 Å². The van der Waals surface area contributed by atoms with Crippen LogP contribution in [0, 0.1) is 6.92 Å². The first-order valence-corrected chi connectivity index (χ1v) is 6.82. The summed E-state index contributed by atoms with van der Waals surface area (Å²) in [5, 5.41) is 3.40. The van der Waals surface area contributed by atoms with Crippen molar-refractivity contribution in [2.75, 3.05) is 31.6 Å². The van der Waals surface area contributed by atoms with Gasteiger partial charge in [0.15, 0.2) is 0 Å². The van der Waals surface area contributed by atoms with Gasteiger partial charge in [0.05, 0.1) is 19.6 Å². The van der Waals surface area contributed by atoms with Crippen LogP contribution in [0.1, 0.15) is 18.4 Å². The molecule has 1 aliphatic heterocycles. The molecular weight excluding hydrogens is 240 g/mol. The predicted octanol–water partition coefficient (Wildman–Crippen LogP) is 1.73. The van der Waals surface area contributed by atoms with E-state index in [4.69, 9.17) is 4.74 Å². The van der Waals surface area contributed by atoms with E-state index in [1.54, 1.807) is 0 Å². The lowest BCUT2D eigenvalue weighted by atomic mass is 10.1. The third-order valence-electron chi connectivity index (χ3n) is 3.63. The Morgan fingerprint density at radius 2 is 2.26 bits per heavy atom. The summed E-state index contributed by atoms with van der Waals surface area (Å²) in [5.74, 6) is -0.146. The molecule has 0 radical (unpaired) electrons. The number of para-hydroxylation sites is 1. The summed E-state index contributed by atoms with van der Waals surface area (Å²) in [6.45, 7) is 4.91. The molecule has 1 heterocycles. The van der Waals surface area contributed by atoms with Crippen molar-refractivity contribution in [3.63, 3.8) is 0 Å². The van der Waals surface area contributed by atoms with Gasteiger partial charge in [0.2, 0.25) is 0 Å². The number of hydrogen-bond acceptors (Lipinski definition) is 4. The quantitative estimate of drug-likeness (QED) is 0.842. The van der Waals surface area contributed by atoms with Crippen molar-refractivity contribution < 1.29 is 9.53 Å². The zero-order valence-corrected chi connectivity index (χ0v) is 11.7. The number of nitrogens with one attached hydrogen (secondary N) is 1. The number of rotatable bonds is 3. The Bertz CT molecular complexity index is 434. The molecule has 1 N–H and O–H groups in total. The summed E-state index contributed by atoms with van der Waals surface area (Å²) >= 11 is 0. The summed E-state index contributed by atoms with van der Waals surface area (Å²) < 4.78 is 4.81. The molecule has 1 aromatic carbocycles. The molecule has 0 saturated carbocycles. The number of benzene rings is 1. The zero-order valence-electron chi connectivity index (χ0n) is 11.7. The lowest BCUT2D eigenvalue weighted by Gasteiger charge is -2.32. The molecule has 0 bridgehead atoms. The first kappa shape index (κ1) is 13.9. The molecule has 0 aliphatic carbocycles. The van der Waals surface area contributed by atoms with E-state index in [0.717, 1.165) is 26.1 Å². The fourth-order valence-corrected chi connectivity index (χ4v) is 2.60. The average Bonchev–Trinajstić information content (AvgIpc) is 2.65. The molecule has 0 spiro atoms. The van der Waals surface area contributed by atoms with E-state index >= 15 is 0 Å². The van der Waals surface area contributed by atoms with Crippen LogP contribution in [-0.4, -0.2) is 38.8 Å². The molecule has 4 nitrogen and oxygen atoms in total. The van der Waals surface area contributed by atoms with Crippen molar-refractivity contribution in [2.24, 2.45) is 0 Å². The molecule has 2 rings (SSSR count). The standard InChI is InChI=1S/C15H22N2O2/c1-12-6-3-4-7-14(12)17-9-5-8-16-11-13(17)10-15(18)19-2/h3-4,6-7,13,16H,5,8-11H2,1-2H3. The van der Waals surface area contributed by atoms with Crippen LogP contribution in [0.2, 0.25) is 0 Å². The molecule has 19 heavy (non-hydrogen) atoms. The van der Waals surface area contributed by atoms with Crippen molar-refractivity contribution >= 4 is 11.7 Å². The van der Waals surface area contributed by atoms with E-state index in [-0.39, 0.29) is 12.0 Å². The fourth-order valence-electron chi connectivity index (χ4n) is 2.60. The minimum atomic E-state index is -0.146. The molecule has 104 valence electrons. The Balaban J connectivity index is 2.22. The van der Waals surface area contributed by atoms with Crippen LogP contribution in [0.15, 0.2) is 24.3 Å². The second kappa shape index (κ2) is 6.57. The first-order chi connectivity index (χ1) is 9.22. The molecule has 0 amide bonds. The molecule has 1 aromatic rings. The van der Waals surface area contributed by atoms with E-state index in [2.05, 4.69) is 35.3 Å². The third kappa shape index (κ3) is 3.47. The predicted molar refractivity (Wildman–Crippen MR) is 76.4 cm³/mol. The molecule has 1 fully saturated rings. The lowest BCUT2D eigenvalue weighted by molar-refractivity contribution is -0.141. The highest BCUT2D eigenvalue weighted by atomic mass is 16.5. The maximum atomic E-state index is 11.6. The van der Waals surface area contributed by atoms with E-state index in [1.807, 2.05) is 6.07 Å². The van der Waals surface area contributed by atoms with E-state index < -0.39 is 0 Å². The summed E-state index contributed by atoms with van der Waals surface area (Å²) in [6.07, 6.45) is 1.52. The molecule has 1 saturated heterocycles. The average molecular weight is 262 g/mol. The third-order valence-corrected chi connectivity index (χ3v) is 3.63. The van der Waals surface area contributed by atoms with Crippen LogP contribution in [-0.2, 0) is 9.53 Å². The number of carbonyl (C=O) groups is 1. The van der Waals surface area contributed by atoms with Gasteiger partial charge in [-0.3, -0.25) is 4.79 Å². The Kier molecular flexibility index (Phi) is 4.80. The zero-order chi connectivity index (χ0) is 13.7. The number of aryl methyl sites for hydroxylation is 1. The Labute approximate surface area is 114 Å². The monoisotopic (exact) mass is 262 g/mol. The number of methoxy groups -OCH3 is 1. The Hall–Kier alpha value is -1.55. The number of nitrogens with zero attached hydrogens (tertiary/aromatic N) is 1. The number of ether oxygens (including phenoxy) is 1. The van der Waals surface area contributed by atoms with E-state index in [9.17, 15) is 4.79 Å². The topological polar surface area (TPSA) is 41.6 Å². The van der Waals surface area contributed by atoms with Gasteiger partial charge in [0.1, 0.15) is 0 Å². The van der Waals surface area contributed by atoms with E-state index in [0.29, 0.717) is 6.42 Å². The van der Waals surface area contributed by atoms with Gasteiger partial charge in [0, 0.05) is 18.8 Å². The molecule has 1 unspecified atom stereocenters. The van der Waals surface area contributed by atoms with Crippen LogP contribution in [0.4, 0.5) is 5.69 Å². The Morgan fingerprint density at radius 1 is 1.47 bits per heavy atom. The minimum Gasteiger partial charge on any atom is -0.469 e. The number of anilines is 1. The van der Waals surface area contributed by atoms with Crippen LogP contribution in [0.5, 0.6) is 0 Å². The summed E-state index contributed by atoms with van der Waals surface area (Å²) in [4.78, 5) is 13.9. The number of esters is 1. The second-order valence-electron chi connectivity index (χ2n) is 4.97. The lowest BCUT2D eigenvalue weighted by Crippen LogP contribution is -2.41. The molecule has 4 heteroatoms. The molecule has 0 aromatic heterocycles. The van der Waals surface area contributed by atoms with Crippen molar-refractivity contribution in [3.8, 4) is 0 Å². The number of carbonyl (C=O) groups excluding carboxylic acids is 1. The highest BCUT2D eigenvalue weighted by Gasteiger charge is 2.24. The normalized spacial score (nSPS) is 19.9. The number of hydrogen-bond donors (Lipinski definition) is 1. The summed E-state index contributed by atoms with van der Waals surface area (Å²) in [6, 6.07) is 8.50. The first-order valence-electron chi connectivity index (χ1n) is 6.82. The van der Waals surface area contributed by atoms with Gasteiger partial charge in [-0.2, -0.15) is 0 Å². The maximum Gasteiger partial charge on any atom is 0.307 e. The highest BCUT2D eigenvalue weighted by Crippen LogP contribution is 2.24. The SMILES string of the molecule is COC(=O)CC1CNCCCN1c1ccccc1C. The molecule has 1 aliphatic rings. The van der Waals surface area contributed by atoms with Crippen molar-refractivity contribution in [2.45, 2.75) is 25.8 Å². The van der Waals surface area contributed by atoms with Gasteiger partial charge in [-0.15, -0.1) is 0 Å². The Morgan fingerprint density at radius 3 is 3.00 bits per heavy atom. The van der Waals surface area contributed by atoms with Gasteiger partial charge < -0.3 is 15.0 Å². The highest BCUT2D eigenvalue weighted by molar-refractivity contribution is 5.71. The minimum absolute atomic E-state index is 0.146. The van der Waals surface area contributed by atoms with Crippen LogP contribution in [0.25, 0.3) is 0 Å². The second-order valence-corrected chi connectivity index (χ2v) is 4.97. The fraction of sp³-hybridized carbons (Fsp3) is 0.533. The van der Waals surface area contributed by atoms with Crippen molar-refractivity contribution in [1.29, 1.82) is 0 Å². The van der Waals surface area contributed by atoms with Gasteiger partial charge in [-0.1, -0.05) is 18.2 Å². The van der Waals surface area contributed by atoms with Crippen molar-refractivity contribution in [3.05, 3.63) is 29.8 Å². The maximum absolute atomic E-state index is 11.6. The van der Waals surface area contributed by atoms with Crippen molar-refractivity contribution in [1.82, 2.24) is 5.32 Å². The van der Waals surface area contributed by atoms with Gasteiger partial charge in [0.25, 0.3) is 0 Å². The van der Waals surface area contributed by atoms with E-state index in [1.165, 1.54) is 18.4 Å². The largest absolute Gasteiger partial charge is 0.469 e.